The summed E-state index contributed by atoms with van der Waals surface area (Å²) < 4.78 is 58.6. The lowest BCUT2D eigenvalue weighted by molar-refractivity contribution is -0.148. The minimum absolute atomic E-state index is 0.173. The van der Waals surface area contributed by atoms with Crippen LogP contribution in [0.25, 0.3) is 0 Å². The first-order chi connectivity index (χ1) is 15.8. The lowest BCUT2D eigenvalue weighted by atomic mass is 10.1. The topological polar surface area (TPSA) is 46.6 Å². The zero-order valence-corrected chi connectivity index (χ0v) is 19.4. The quantitative estimate of drug-likeness (QED) is 0.178. The van der Waals surface area contributed by atoms with E-state index in [4.69, 9.17) is 4.74 Å². The Morgan fingerprint density at radius 3 is 2.21 bits per heavy atom. The largest absolute Gasteiger partial charge is 0.464 e. The minimum Gasteiger partial charge on any atom is -0.464 e. The number of ether oxygens (including phenoxy) is 1. The standard InChI is InChI=1S/C25H35F4NO3/c1-2-3-4-5-6-7-8-9-10-11-18-33-24(32)21-16-13-17-30(21)23(31)19-14-12-15-20(22(19)26)25(27,28)29/h12,14-15,21H,2-11,13,16-18H2,1H3. The molecule has 186 valence electrons. The average Bonchev–Trinajstić information content (AvgIpc) is 3.26. The SMILES string of the molecule is CCCCCCCCCCCCOC(=O)C1CCCN1C(=O)c1cccc(C(F)(F)F)c1F. The van der Waals surface area contributed by atoms with Gasteiger partial charge in [-0.1, -0.05) is 70.8 Å². The summed E-state index contributed by atoms with van der Waals surface area (Å²) in [5, 5.41) is 0. The molecule has 1 aromatic carbocycles. The number of benzene rings is 1. The number of nitrogens with zero attached hydrogens (tertiary/aromatic N) is 1. The van der Waals surface area contributed by atoms with Gasteiger partial charge in [-0.05, 0) is 31.4 Å². The second-order valence-corrected chi connectivity index (χ2v) is 8.67. The van der Waals surface area contributed by atoms with Crippen LogP contribution in [0.4, 0.5) is 17.6 Å². The molecule has 1 aromatic rings. The molecule has 0 N–H and O–H groups in total. The molecule has 1 aliphatic heterocycles. The Kier molecular flexibility index (Phi) is 11.1. The molecule has 1 amide bonds. The van der Waals surface area contributed by atoms with E-state index in [0.29, 0.717) is 18.9 Å². The number of unbranched alkanes of at least 4 members (excludes halogenated alkanes) is 9. The van der Waals surface area contributed by atoms with Crippen LogP contribution < -0.4 is 0 Å². The fourth-order valence-electron chi connectivity index (χ4n) is 4.18. The Morgan fingerprint density at radius 2 is 1.61 bits per heavy atom. The number of carbonyl (C=O) groups excluding carboxylic acids is 2. The fraction of sp³-hybridized carbons (Fsp3) is 0.680. The van der Waals surface area contributed by atoms with Gasteiger partial charge in [0.2, 0.25) is 0 Å². The summed E-state index contributed by atoms with van der Waals surface area (Å²) in [6.07, 6.45) is 7.46. The highest BCUT2D eigenvalue weighted by atomic mass is 19.4. The zero-order valence-electron chi connectivity index (χ0n) is 19.4. The maximum atomic E-state index is 14.4. The third-order valence-corrected chi connectivity index (χ3v) is 6.06. The smallest absolute Gasteiger partial charge is 0.419 e. The molecule has 0 aromatic heterocycles. The Balaban J connectivity index is 1.76. The van der Waals surface area contributed by atoms with Crippen LogP contribution in [0, 0.1) is 5.82 Å². The zero-order chi connectivity index (χ0) is 24.3. The number of hydrogen-bond acceptors (Lipinski definition) is 3. The van der Waals surface area contributed by atoms with Crippen molar-refractivity contribution in [3.8, 4) is 0 Å². The highest BCUT2D eigenvalue weighted by Crippen LogP contribution is 2.33. The van der Waals surface area contributed by atoms with E-state index in [0.717, 1.165) is 42.7 Å². The molecule has 1 saturated heterocycles. The Morgan fingerprint density at radius 1 is 1.00 bits per heavy atom. The van der Waals surface area contributed by atoms with Gasteiger partial charge in [-0.2, -0.15) is 13.2 Å². The van der Waals surface area contributed by atoms with Crippen LogP contribution in [-0.4, -0.2) is 36.0 Å². The average molecular weight is 474 g/mol. The van der Waals surface area contributed by atoms with E-state index in [9.17, 15) is 27.2 Å². The Labute approximate surface area is 193 Å². The molecule has 33 heavy (non-hydrogen) atoms. The van der Waals surface area contributed by atoms with Gasteiger partial charge in [0.05, 0.1) is 17.7 Å². The molecule has 1 aliphatic rings. The first-order valence-electron chi connectivity index (χ1n) is 12.1. The van der Waals surface area contributed by atoms with E-state index >= 15 is 0 Å². The maximum Gasteiger partial charge on any atom is 0.419 e. The summed E-state index contributed by atoms with van der Waals surface area (Å²) in [4.78, 5) is 26.3. The van der Waals surface area contributed by atoms with Crippen molar-refractivity contribution in [2.45, 2.75) is 96.2 Å². The number of likely N-dealkylation sites (tertiary alicyclic amines) is 1. The summed E-state index contributed by atoms with van der Waals surface area (Å²) in [6.45, 7) is 2.61. The molecule has 4 nitrogen and oxygen atoms in total. The molecule has 0 aliphatic carbocycles. The summed E-state index contributed by atoms with van der Waals surface area (Å²) >= 11 is 0. The van der Waals surface area contributed by atoms with Crippen molar-refractivity contribution in [1.82, 2.24) is 4.90 Å². The highest BCUT2D eigenvalue weighted by Gasteiger charge is 2.39. The normalized spacial score (nSPS) is 16.3. The highest BCUT2D eigenvalue weighted by molar-refractivity contribution is 5.97. The maximum absolute atomic E-state index is 14.4. The molecular weight excluding hydrogens is 438 g/mol. The second-order valence-electron chi connectivity index (χ2n) is 8.67. The van der Waals surface area contributed by atoms with Gasteiger partial charge in [-0.15, -0.1) is 0 Å². The fourth-order valence-corrected chi connectivity index (χ4v) is 4.18. The number of amides is 1. The van der Waals surface area contributed by atoms with E-state index in [1.165, 1.54) is 38.5 Å². The molecule has 8 heteroatoms. The third kappa shape index (κ3) is 8.31. The first-order valence-corrected chi connectivity index (χ1v) is 12.1. The van der Waals surface area contributed by atoms with Crippen LogP contribution in [0.1, 0.15) is 99.9 Å². The number of esters is 1. The summed E-state index contributed by atoms with van der Waals surface area (Å²) in [6, 6.07) is 1.70. The van der Waals surface area contributed by atoms with Gasteiger partial charge in [0.1, 0.15) is 11.9 Å². The summed E-state index contributed by atoms with van der Waals surface area (Å²) in [5.74, 6) is -3.11. The van der Waals surface area contributed by atoms with Gasteiger partial charge in [-0.25, -0.2) is 9.18 Å². The predicted molar refractivity (Wildman–Crippen MR) is 118 cm³/mol. The van der Waals surface area contributed by atoms with Gasteiger partial charge in [-0.3, -0.25) is 4.79 Å². The monoisotopic (exact) mass is 473 g/mol. The molecule has 2 rings (SSSR count). The van der Waals surface area contributed by atoms with Crippen LogP contribution in [0.3, 0.4) is 0 Å². The lowest BCUT2D eigenvalue weighted by Gasteiger charge is -2.24. The van der Waals surface area contributed by atoms with E-state index in [2.05, 4.69) is 6.92 Å². The van der Waals surface area contributed by atoms with Crippen LogP contribution in [0.2, 0.25) is 0 Å². The number of carbonyl (C=O) groups is 2. The van der Waals surface area contributed by atoms with Gasteiger partial charge >= 0.3 is 12.1 Å². The number of rotatable bonds is 13. The number of halogens is 4. The van der Waals surface area contributed by atoms with E-state index < -0.39 is 41.0 Å². The first kappa shape index (κ1) is 27.1. The molecule has 1 fully saturated rings. The third-order valence-electron chi connectivity index (χ3n) is 6.06. The van der Waals surface area contributed by atoms with Crippen molar-refractivity contribution in [2.75, 3.05) is 13.2 Å². The molecular formula is C25H35F4NO3. The van der Waals surface area contributed by atoms with Crippen molar-refractivity contribution >= 4 is 11.9 Å². The molecule has 1 atom stereocenters. The summed E-state index contributed by atoms with van der Waals surface area (Å²) in [5.41, 5.74) is -2.17. The van der Waals surface area contributed by atoms with Crippen molar-refractivity contribution in [3.05, 3.63) is 35.1 Å². The minimum atomic E-state index is -4.90. The van der Waals surface area contributed by atoms with Crippen LogP contribution in [0.15, 0.2) is 18.2 Å². The summed E-state index contributed by atoms with van der Waals surface area (Å²) in [7, 11) is 0. The molecule has 0 bridgehead atoms. The van der Waals surface area contributed by atoms with E-state index in [-0.39, 0.29) is 13.2 Å². The molecule has 0 spiro atoms. The predicted octanol–water partition coefficient (Wildman–Crippen LogP) is 6.91. The van der Waals surface area contributed by atoms with Gasteiger partial charge in [0.25, 0.3) is 5.91 Å². The van der Waals surface area contributed by atoms with Gasteiger partial charge in [0, 0.05) is 6.54 Å². The van der Waals surface area contributed by atoms with Crippen molar-refractivity contribution in [1.29, 1.82) is 0 Å². The molecule has 0 saturated carbocycles. The van der Waals surface area contributed by atoms with Crippen LogP contribution in [0.5, 0.6) is 0 Å². The van der Waals surface area contributed by atoms with Crippen molar-refractivity contribution in [3.63, 3.8) is 0 Å². The Hall–Kier alpha value is -2.12. The van der Waals surface area contributed by atoms with E-state index in [1.807, 2.05) is 0 Å². The lowest BCUT2D eigenvalue weighted by Crippen LogP contribution is -2.42. The van der Waals surface area contributed by atoms with Crippen molar-refractivity contribution in [2.24, 2.45) is 0 Å². The molecule has 1 unspecified atom stereocenters. The second kappa shape index (κ2) is 13.6. The van der Waals surface area contributed by atoms with Crippen LogP contribution in [-0.2, 0) is 15.7 Å². The number of hydrogen-bond donors (Lipinski definition) is 0. The van der Waals surface area contributed by atoms with Gasteiger partial charge < -0.3 is 9.64 Å². The molecule has 0 radical (unpaired) electrons. The van der Waals surface area contributed by atoms with Gasteiger partial charge in [0.15, 0.2) is 0 Å². The van der Waals surface area contributed by atoms with Crippen LogP contribution >= 0.6 is 0 Å². The molecule has 1 heterocycles. The van der Waals surface area contributed by atoms with E-state index in [1.54, 1.807) is 0 Å². The number of alkyl halides is 3. The van der Waals surface area contributed by atoms with Crippen molar-refractivity contribution < 1.29 is 31.9 Å². The Bertz CT molecular complexity index is 767.